The monoisotopic (exact) mass is 419 g/mol. The Kier molecular flexibility index (Phi) is 7.86. The van der Waals surface area contributed by atoms with E-state index in [9.17, 15) is 13.2 Å². The molecule has 0 atom stereocenters. The summed E-state index contributed by atoms with van der Waals surface area (Å²) < 4.78 is 26.6. The summed E-state index contributed by atoms with van der Waals surface area (Å²) in [4.78, 5) is 14.8. The van der Waals surface area contributed by atoms with Crippen LogP contribution in [0.1, 0.15) is 43.2 Å². The molecule has 2 heterocycles. The summed E-state index contributed by atoms with van der Waals surface area (Å²) in [6.07, 6.45) is 6.34. The summed E-state index contributed by atoms with van der Waals surface area (Å²) in [7, 11) is -3.46. The highest BCUT2D eigenvalue weighted by atomic mass is 32.2. The number of carbonyl (C=O) groups is 1. The first-order valence-corrected chi connectivity index (χ1v) is 12.2. The molecule has 1 amide bonds. The molecule has 160 valence electrons. The van der Waals surface area contributed by atoms with Crippen molar-refractivity contribution in [2.75, 3.05) is 39.3 Å². The number of carbonyl (C=O) groups excluding carboxylic acids is 1. The number of hydrogen-bond donors (Lipinski definition) is 1. The number of nitrogens with one attached hydrogen (secondary N) is 1. The summed E-state index contributed by atoms with van der Waals surface area (Å²) in [5, 5.41) is 4.31. The van der Waals surface area contributed by atoms with Crippen LogP contribution in [-0.4, -0.2) is 62.8 Å². The summed E-state index contributed by atoms with van der Waals surface area (Å²) in [5.41, 5.74) is 2.00. The van der Waals surface area contributed by atoms with Crippen molar-refractivity contribution in [1.82, 2.24) is 14.5 Å². The number of benzene rings is 1. The number of amides is 1. The number of rotatable bonds is 8. The van der Waals surface area contributed by atoms with Crippen LogP contribution in [0.3, 0.4) is 0 Å². The van der Waals surface area contributed by atoms with Gasteiger partial charge < -0.3 is 10.2 Å². The van der Waals surface area contributed by atoms with Crippen molar-refractivity contribution in [3.05, 3.63) is 40.8 Å². The Hall–Kier alpha value is -1.70. The normalized spacial score (nSPS) is 19.8. The molecule has 2 aliphatic rings. The lowest BCUT2D eigenvalue weighted by atomic mass is 9.97. The van der Waals surface area contributed by atoms with E-state index in [4.69, 9.17) is 0 Å². The molecule has 6 nitrogen and oxygen atoms in total. The predicted octanol–water partition coefficient (Wildman–Crippen LogP) is 2.61. The van der Waals surface area contributed by atoms with Gasteiger partial charge >= 0.3 is 0 Å². The summed E-state index contributed by atoms with van der Waals surface area (Å²) in [6, 6.07) is 7.73. The molecule has 3 rings (SSSR count). The Morgan fingerprint density at radius 1 is 1.10 bits per heavy atom. The van der Waals surface area contributed by atoms with Crippen molar-refractivity contribution >= 4 is 22.0 Å². The number of likely N-dealkylation sites (tertiary alicyclic amines) is 1. The Balaban J connectivity index is 1.40. The molecule has 2 aliphatic heterocycles. The molecule has 2 fully saturated rings. The van der Waals surface area contributed by atoms with Gasteiger partial charge in [0.15, 0.2) is 0 Å². The van der Waals surface area contributed by atoms with Gasteiger partial charge in [-0.05, 0) is 70.3 Å². The van der Waals surface area contributed by atoms with Crippen molar-refractivity contribution in [2.24, 2.45) is 5.92 Å². The molecule has 0 bridgehead atoms. The largest absolute Gasteiger partial charge is 0.356 e. The Morgan fingerprint density at radius 3 is 2.41 bits per heavy atom. The van der Waals surface area contributed by atoms with Gasteiger partial charge in [-0.1, -0.05) is 29.8 Å². The molecule has 0 saturated carbocycles. The van der Waals surface area contributed by atoms with Gasteiger partial charge in [0.2, 0.25) is 15.9 Å². The number of sulfonamides is 1. The van der Waals surface area contributed by atoms with Crippen LogP contribution >= 0.6 is 0 Å². The fourth-order valence-electron chi connectivity index (χ4n) is 3.97. The first-order chi connectivity index (χ1) is 13.9. The fourth-order valence-corrected chi connectivity index (χ4v) is 5.19. The highest BCUT2D eigenvalue weighted by Gasteiger charge is 2.29. The molecule has 2 saturated heterocycles. The molecule has 0 unspecified atom stereocenters. The second kappa shape index (κ2) is 10.4. The van der Waals surface area contributed by atoms with E-state index in [-0.39, 0.29) is 11.8 Å². The third-order valence-corrected chi connectivity index (χ3v) is 7.41. The van der Waals surface area contributed by atoms with Gasteiger partial charge in [-0.15, -0.1) is 0 Å². The predicted molar refractivity (Wildman–Crippen MR) is 117 cm³/mol. The van der Waals surface area contributed by atoms with Crippen LogP contribution < -0.4 is 5.32 Å². The quantitative estimate of drug-likeness (QED) is 0.658. The molecule has 1 N–H and O–H groups in total. The van der Waals surface area contributed by atoms with Gasteiger partial charge in [0.1, 0.15) is 0 Å². The van der Waals surface area contributed by atoms with Gasteiger partial charge in [-0.3, -0.25) is 4.79 Å². The van der Waals surface area contributed by atoms with E-state index in [1.54, 1.807) is 6.08 Å². The SMILES string of the molecule is Cc1ccc(/C=C/S(=O)(=O)N2CCC(C(=O)NCCCN3CCCC3)CC2)cc1. The minimum Gasteiger partial charge on any atom is -0.356 e. The zero-order valence-corrected chi connectivity index (χ0v) is 18.2. The highest BCUT2D eigenvalue weighted by Crippen LogP contribution is 2.21. The van der Waals surface area contributed by atoms with E-state index in [2.05, 4.69) is 10.2 Å². The lowest BCUT2D eigenvalue weighted by molar-refractivity contribution is -0.126. The maximum absolute atomic E-state index is 12.6. The van der Waals surface area contributed by atoms with Crippen LogP contribution in [-0.2, 0) is 14.8 Å². The smallest absolute Gasteiger partial charge is 0.236 e. The van der Waals surface area contributed by atoms with Crippen LogP contribution in [0.2, 0.25) is 0 Å². The van der Waals surface area contributed by atoms with Crippen molar-refractivity contribution in [1.29, 1.82) is 0 Å². The Labute approximate surface area is 175 Å². The van der Waals surface area contributed by atoms with E-state index in [0.717, 1.165) is 24.1 Å². The van der Waals surface area contributed by atoms with Crippen LogP contribution in [0, 0.1) is 12.8 Å². The fraction of sp³-hybridized carbons (Fsp3) is 0.591. The Morgan fingerprint density at radius 2 is 1.76 bits per heavy atom. The van der Waals surface area contributed by atoms with E-state index in [1.165, 1.54) is 35.6 Å². The molecule has 7 heteroatoms. The molecule has 0 spiro atoms. The summed E-state index contributed by atoms with van der Waals surface area (Å²) in [6.45, 7) is 6.90. The molecule has 0 aliphatic carbocycles. The van der Waals surface area contributed by atoms with E-state index < -0.39 is 10.0 Å². The van der Waals surface area contributed by atoms with Gasteiger partial charge in [0.25, 0.3) is 0 Å². The topological polar surface area (TPSA) is 69.7 Å². The van der Waals surface area contributed by atoms with Crippen LogP contribution in [0.25, 0.3) is 6.08 Å². The van der Waals surface area contributed by atoms with Crippen LogP contribution in [0.4, 0.5) is 0 Å². The first-order valence-electron chi connectivity index (χ1n) is 10.7. The lowest BCUT2D eigenvalue weighted by Crippen LogP contribution is -2.42. The molecular formula is C22H33N3O3S. The second-order valence-corrected chi connectivity index (χ2v) is 9.94. The standard InChI is InChI=1S/C22H33N3O3S/c1-19-5-7-20(8-6-19)11-18-29(27,28)25-16-9-21(10-17-25)22(26)23-12-4-15-24-13-2-3-14-24/h5-8,11,18,21H,2-4,9-10,12-17H2,1H3,(H,23,26)/b18-11+. The van der Waals surface area contributed by atoms with Gasteiger partial charge in [0, 0.05) is 31.0 Å². The highest BCUT2D eigenvalue weighted by molar-refractivity contribution is 7.92. The molecule has 1 aromatic carbocycles. The van der Waals surface area contributed by atoms with Gasteiger partial charge in [-0.25, -0.2) is 8.42 Å². The summed E-state index contributed by atoms with van der Waals surface area (Å²) >= 11 is 0. The van der Waals surface area contributed by atoms with E-state index >= 15 is 0 Å². The maximum atomic E-state index is 12.6. The first kappa shape index (κ1) is 22.0. The molecule has 29 heavy (non-hydrogen) atoms. The zero-order chi connectivity index (χ0) is 20.7. The minimum absolute atomic E-state index is 0.0682. The number of hydrogen-bond acceptors (Lipinski definition) is 4. The average Bonchev–Trinajstić information content (AvgIpc) is 3.24. The van der Waals surface area contributed by atoms with Crippen LogP contribution in [0.5, 0.6) is 0 Å². The molecule has 1 aromatic rings. The second-order valence-electron chi connectivity index (χ2n) is 8.13. The zero-order valence-electron chi connectivity index (χ0n) is 17.3. The lowest BCUT2D eigenvalue weighted by Gasteiger charge is -2.29. The van der Waals surface area contributed by atoms with Gasteiger partial charge in [-0.2, -0.15) is 4.31 Å². The van der Waals surface area contributed by atoms with E-state index in [1.807, 2.05) is 31.2 Å². The Bertz CT molecular complexity index is 791. The molecule has 0 aromatic heterocycles. The van der Waals surface area contributed by atoms with Crippen molar-refractivity contribution in [3.63, 3.8) is 0 Å². The number of nitrogens with zero attached hydrogens (tertiary/aromatic N) is 2. The van der Waals surface area contributed by atoms with Crippen LogP contribution in [0.15, 0.2) is 29.7 Å². The third kappa shape index (κ3) is 6.66. The van der Waals surface area contributed by atoms with Crippen molar-refractivity contribution < 1.29 is 13.2 Å². The number of aryl methyl sites for hydroxylation is 1. The van der Waals surface area contributed by atoms with E-state index in [0.29, 0.717) is 32.5 Å². The minimum atomic E-state index is -3.46. The van der Waals surface area contributed by atoms with Crippen molar-refractivity contribution in [2.45, 2.75) is 39.0 Å². The van der Waals surface area contributed by atoms with Crippen molar-refractivity contribution in [3.8, 4) is 0 Å². The van der Waals surface area contributed by atoms with Gasteiger partial charge in [0.05, 0.1) is 0 Å². The summed E-state index contributed by atoms with van der Waals surface area (Å²) in [5.74, 6) is -0.0204. The molecular weight excluding hydrogens is 386 g/mol. The number of piperidine rings is 1. The average molecular weight is 420 g/mol. The molecule has 0 radical (unpaired) electrons. The third-order valence-electron chi connectivity index (χ3n) is 5.84. The maximum Gasteiger partial charge on any atom is 0.236 e.